The van der Waals surface area contributed by atoms with Gasteiger partial charge in [-0.2, -0.15) is 0 Å². The third-order valence-corrected chi connectivity index (χ3v) is 3.82. The highest BCUT2D eigenvalue weighted by Gasteiger charge is 2.40. The van der Waals surface area contributed by atoms with Crippen LogP contribution in [0.3, 0.4) is 0 Å². The van der Waals surface area contributed by atoms with Crippen molar-refractivity contribution < 1.29 is 0 Å². The first kappa shape index (κ1) is 9.22. The minimum Gasteiger partial charge on any atom is -0.371 e. The van der Waals surface area contributed by atoms with Gasteiger partial charge >= 0.3 is 0 Å². The van der Waals surface area contributed by atoms with E-state index >= 15 is 0 Å². The first-order chi connectivity index (χ1) is 7.23. The molecular weight excluding hydrogens is 184 g/mol. The number of hydrogen-bond acceptors (Lipinski definition) is 2. The number of nitrogens with zero attached hydrogens (tertiary/aromatic N) is 1. The minimum atomic E-state index is 0.0225. The van der Waals surface area contributed by atoms with Crippen molar-refractivity contribution in [2.75, 3.05) is 18.0 Å². The van der Waals surface area contributed by atoms with E-state index in [2.05, 4.69) is 30.0 Å². The van der Waals surface area contributed by atoms with Gasteiger partial charge in [-0.1, -0.05) is 12.1 Å². The number of fused-ring (bicyclic) bond motifs is 1. The normalized spacial score (nSPS) is 21.6. The van der Waals surface area contributed by atoms with Crippen LogP contribution in [0.5, 0.6) is 0 Å². The Morgan fingerprint density at radius 1 is 1.40 bits per heavy atom. The topological polar surface area (TPSA) is 29.3 Å². The lowest BCUT2D eigenvalue weighted by Crippen LogP contribution is -2.20. The molecule has 2 N–H and O–H groups in total. The SMILES string of the molecule is CCN1CCc2cc(C3(N)CC3)ccc21. The molecule has 1 saturated carbocycles. The largest absolute Gasteiger partial charge is 0.371 e. The fourth-order valence-corrected chi connectivity index (χ4v) is 2.53. The van der Waals surface area contributed by atoms with Gasteiger partial charge < -0.3 is 10.6 Å². The molecule has 0 bridgehead atoms. The maximum Gasteiger partial charge on any atom is 0.0411 e. The fourth-order valence-electron chi connectivity index (χ4n) is 2.53. The van der Waals surface area contributed by atoms with Crippen LogP contribution in [0.25, 0.3) is 0 Å². The van der Waals surface area contributed by atoms with Gasteiger partial charge in [0.1, 0.15) is 0 Å². The van der Waals surface area contributed by atoms with Crippen LogP contribution in [0.4, 0.5) is 5.69 Å². The number of likely N-dealkylation sites (N-methyl/N-ethyl adjacent to an activating group) is 1. The van der Waals surface area contributed by atoms with Crippen LogP contribution in [0.1, 0.15) is 30.9 Å². The molecule has 1 fully saturated rings. The van der Waals surface area contributed by atoms with Gasteiger partial charge in [-0.05, 0) is 43.4 Å². The smallest absolute Gasteiger partial charge is 0.0411 e. The van der Waals surface area contributed by atoms with Crippen molar-refractivity contribution in [1.29, 1.82) is 0 Å². The second-order valence-corrected chi connectivity index (χ2v) is 4.83. The average molecular weight is 202 g/mol. The van der Waals surface area contributed by atoms with E-state index in [0.29, 0.717) is 0 Å². The van der Waals surface area contributed by atoms with E-state index in [-0.39, 0.29) is 5.54 Å². The summed E-state index contributed by atoms with van der Waals surface area (Å²) in [5, 5.41) is 0. The molecule has 1 aromatic rings. The second kappa shape index (κ2) is 2.99. The lowest BCUT2D eigenvalue weighted by atomic mass is 10.0. The predicted molar refractivity (Wildman–Crippen MR) is 63.1 cm³/mol. The second-order valence-electron chi connectivity index (χ2n) is 4.83. The van der Waals surface area contributed by atoms with Gasteiger partial charge in [-0.15, -0.1) is 0 Å². The molecule has 0 atom stereocenters. The maximum absolute atomic E-state index is 6.22. The number of anilines is 1. The third-order valence-electron chi connectivity index (χ3n) is 3.82. The molecule has 1 aliphatic heterocycles. The molecule has 0 aromatic heterocycles. The van der Waals surface area contributed by atoms with E-state index in [9.17, 15) is 0 Å². The minimum absolute atomic E-state index is 0.0225. The molecule has 1 heterocycles. The number of rotatable bonds is 2. The highest BCUT2D eigenvalue weighted by Crippen LogP contribution is 2.44. The van der Waals surface area contributed by atoms with E-state index in [1.165, 1.54) is 29.8 Å². The van der Waals surface area contributed by atoms with Crippen molar-refractivity contribution >= 4 is 5.69 Å². The zero-order valence-corrected chi connectivity index (χ0v) is 9.29. The summed E-state index contributed by atoms with van der Waals surface area (Å²) in [6.07, 6.45) is 3.50. The van der Waals surface area contributed by atoms with E-state index in [1.54, 1.807) is 0 Å². The summed E-state index contributed by atoms with van der Waals surface area (Å²) in [5.41, 5.74) is 10.5. The maximum atomic E-state index is 6.22. The van der Waals surface area contributed by atoms with Crippen LogP contribution in [0.2, 0.25) is 0 Å². The number of benzene rings is 1. The molecule has 80 valence electrons. The van der Waals surface area contributed by atoms with Crippen LogP contribution in [-0.4, -0.2) is 13.1 Å². The van der Waals surface area contributed by atoms with Gasteiger partial charge in [0.05, 0.1) is 0 Å². The molecule has 0 spiro atoms. The molecule has 1 aromatic carbocycles. The van der Waals surface area contributed by atoms with Crippen molar-refractivity contribution in [3.8, 4) is 0 Å². The summed E-state index contributed by atoms with van der Waals surface area (Å²) in [5.74, 6) is 0. The lowest BCUT2D eigenvalue weighted by Gasteiger charge is -2.17. The molecule has 2 aliphatic rings. The lowest BCUT2D eigenvalue weighted by molar-refractivity contribution is 0.739. The van der Waals surface area contributed by atoms with E-state index in [0.717, 1.165) is 19.4 Å². The molecule has 0 saturated heterocycles. The van der Waals surface area contributed by atoms with Gasteiger partial charge in [0, 0.05) is 24.3 Å². The Kier molecular flexibility index (Phi) is 1.84. The van der Waals surface area contributed by atoms with Crippen molar-refractivity contribution in [3.05, 3.63) is 29.3 Å². The van der Waals surface area contributed by atoms with E-state index in [4.69, 9.17) is 5.73 Å². The van der Waals surface area contributed by atoms with Gasteiger partial charge in [0.2, 0.25) is 0 Å². The molecule has 2 heteroatoms. The first-order valence-corrected chi connectivity index (χ1v) is 5.90. The Bertz CT molecular complexity index is 394. The highest BCUT2D eigenvalue weighted by molar-refractivity contribution is 5.60. The van der Waals surface area contributed by atoms with Gasteiger partial charge in [-0.3, -0.25) is 0 Å². The van der Waals surface area contributed by atoms with Gasteiger partial charge in [0.25, 0.3) is 0 Å². The highest BCUT2D eigenvalue weighted by atomic mass is 15.1. The standard InChI is InChI=1S/C13H18N2/c1-2-15-8-5-10-9-11(3-4-12(10)15)13(14)6-7-13/h3-4,9H,2,5-8,14H2,1H3. The summed E-state index contributed by atoms with van der Waals surface area (Å²) in [7, 11) is 0. The Labute approximate surface area is 91.1 Å². The Morgan fingerprint density at radius 2 is 2.20 bits per heavy atom. The average Bonchev–Trinajstić information content (AvgIpc) is 2.88. The Hall–Kier alpha value is -1.02. The number of hydrogen-bond donors (Lipinski definition) is 1. The van der Waals surface area contributed by atoms with Crippen molar-refractivity contribution in [2.24, 2.45) is 5.73 Å². The summed E-state index contributed by atoms with van der Waals surface area (Å²) >= 11 is 0. The third kappa shape index (κ3) is 1.36. The Morgan fingerprint density at radius 3 is 2.87 bits per heavy atom. The predicted octanol–water partition coefficient (Wildman–Crippen LogP) is 2.02. The zero-order chi connectivity index (χ0) is 10.5. The van der Waals surface area contributed by atoms with Crippen molar-refractivity contribution in [2.45, 2.75) is 31.7 Å². The zero-order valence-electron chi connectivity index (χ0n) is 9.29. The van der Waals surface area contributed by atoms with Crippen LogP contribution in [-0.2, 0) is 12.0 Å². The van der Waals surface area contributed by atoms with Crippen molar-refractivity contribution in [1.82, 2.24) is 0 Å². The monoisotopic (exact) mass is 202 g/mol. The molecule has 3 rings (SSSR count). The van der Waals surface area contributed by atoms with Crippen LogP contribution >= 0.6 is 0 Å². The van der Waals surface area contributed by atoms with Crippen LogP contribution in [0, 0.1) is 0 Å². The summed E-state index contributed by atoms with van der Waals surface area (Å²) in [6.45, 7) is 4.50. The first-order valence-electron chi connectivity index (χ1n) is 5.90. The molecule has 2 nitrogen and oxygen atoms in total. The molecule has 15 heavy (non-hydrogen) atoms. The van der Waals surface area contributed by atoms with Crippen LogP contribution < -0.4 is 10.6 Å². The molecular formula is C13H18N2. The summed E-state index contributed by atoms with van der Waals surface area (Å²) in [6, 6.07) is 6.81. The van der Waals surface area contributed by atoms with Gasteiger partial charge in [-0.25, -0.2) is 0 Å². The Balaban J connectivity index is 1.98. The van der Waals surface area contributed by atoms with Crippen LogP contribution in [0.15, 0.2) is 18.2 Å². The van der Waals surface area contributed by atoms with E-state index in [1.807, 2.05) is 0 Å². The van der Waals surface area contributed by atoms with E-state index < -0.39 is 0 Å². The summed E-state index contributed by atoms with van der Waals surface area (Å²) < 4.78 is 0. The summed E-state index contributed by atoms with van der Waals surface area (Å²) in [4.78, 5) is 2.44. The quantitative estimate of drug-likeness (QED) is 0.795. The molecule has 0 unspecified atom stereocenters. The fraction of sp³-hybridized carbons (Fsp3) is 0.538. The van der Waals surface area contributed by atoms with Gasteiger partial charge in [0.15, 0.2) is 0 Å². The molecule has 1 aliphatic carbocycles. The molecule has 0 radical (unpaired) electrons. The number of nitrogens with two attached hydrogens (primary N) is 1. The molecule has 0 amide bonds. The van der Waals surface area contributed by atoms with Crippen molar-refractivity contribution in [3.63, 3.8) is 0 Å².